The van der Waals surface area contributed by atoms with Crippen molar-refractivity contribution in [2.75, 3.05) is 19.6 Å². The molecular weight excluding hydrogens is 966 g/mol. The number of hydroxylamine groups is 1. The first-order chi connectivity index (χ1) is 33.1. The number of carbonyl (C=O) groups is 3. The minimum absolute atomic E-state index is 0.0202. The van der Waals surface area contributed by atoms with Crippen LogP contribution >= 0.6 is 23.2 Å². The molecule has 5 aromatic rings. The molecule has 2 fully saturated rings. The number of carbonyl (C=O) groups excluding carboxylic acids is 3. The number of sulfonamides is 2. The second kappa shape index (κ2) is 22.4. The van der Waals surface area contributed by atoms with Gasteiger partial charge in [0.15, 0.2) is 0 Å². The van der Waals surface area contributed by atoms with E-state index in [1.54, 1.807) is 75.1 Å². The molecule has 0 bridgehead atoms. The highest BCUT2D eigenvalue weighted by Gasteiger charge is 2.46. The lowest BCUT2D eigenvalue weighted by Crippen LogP contribution is -2.57. The highest BCUT2D eigenvalue weighted by atomic mass is 35.5. The van der Waals surface area contributed by atoms with Gasteiger partial charge in [-0.05, 0) is 117 Å². The van der Waals surface area contributed by atoms with E-state index in [0.29, 0.717) is 65.8 Å². The van der Waals surface area contributed by atoms with Crippen LogP contribution in [0.4, 0.5) is 0 Å². The van der Waals surface area contributed by atoms with Crippen molar-refractivity contribution in [2.45, 2.75) is 113 Å². The summed E-state index contributed by atoms with van der Waals surface area (Å²) in [7, 11) is -9.41. The minimum Gasteiger partial charge on any atom is -0.361 e. The predicted molar refractivity (Wildman–Crippen MR) is 258 cm³/mol. The summed E-state index contributed by atoms with van der Waals surface area (Å²) in [5, 5.41) is 19.4. The molecule has 0 spiro atoms. The Morgan fingerprint density at radius 3 is 2.12 bits per heavy atom. The lowest BCUT2D eigenvalue weighted by atomic mass is 9.90. The van der Waals surface area contributed by atoms with Crippen LogP contribution in [0.15, 0.2) is 95.1 Å². The van der Waals surface area contributed by atoms with Crippen LogP contribution in [0.25, 0.3) is 10.9 Å². The van der Waals surface area contributed by atoms with Gasteiger partial charge in [0.1, 0.15) is 40.5 Å². The van der Waals surface area contributed by atoms with Crippen molar-refractivity contribution in [2.24, 2.45) is 11.8 Å². The van der Waals surface area contributed by atoms with Crippen LogP contribution < -0.4 is 4.72 Å². The average Bonchev–Trinajstić information content (AvgIpc) is 4.13. The molecule has 4 atom stereocenters. The molecule has 17 nitrogen and oxygen atoms in total. The second-order valence-corrected chi connectivity index (χ2v) is 21.7. The summed E-state index contributed by atoms with van der Waals surface area (Å²) >= 11 is 13.1. The highest BCUT2D eigenvalue weighted by Crippen LogP contribution is 2.36. The van der Waals surface area contributed by atoms with Gasteiger partial charge in [-0.1, -0.05) is 55.1 Å². The van der Waals surface area contributed by atoms with Gasteiger partial charge in [0.25, 0.3) is 10.0 Å². The van der Waals surface area contributed by atoms with Gasteiger partial charge in [-0.25, -0.2) is 21.6 Å². The zero-order chi connectivity index (χ0) is 49.5. The fourth-order valence-corrected chi connectivity index (χ4v) is 13.4. The number of aryl methyl sites for hydroxylation is 2. The van der Waals surface area contributed by atoms with E-state index in [-0.39, 0.29) is 59.5 Å². The van der Waals surface area contributed by atoms with Gasteiger partial charge in [-0.15, -0.1) is 0 Å². The van der Waals surface area contributed by atoms with Gasteiger partial charge in [-0.3, -0.25) is 9.59 Å². The number of hydrogen-bond acceptors (Lipinski definition) is 10. The van der Waals surface area contributed by atoms with Crippen LogP contribution in [0.2, 0.25) is 10.0 Å². The third-order valence-corrected chi connectivity index (χ3v) is 17.3. The Balaban J connectivity index is 1.23. The number of aromatic amines is 1. The summed E-state index contributed by atoms with van der Waals surface area (Å²) in [5.74, 6) is -3.20. The molecule has 366 valence electrons. The lowest BCUT2D eigenvalue weighted by Gasteiger charge is -2.41. The second-order valence-electron chi connectivity index (χ2n) is 17.5. The fraction of sp³-hybridized carbons (Fsp3) is 0.438. The molecule has 7 rings (SSSR count). The molecule has 5 heterocycles. The van der Waals surface area contributed by atoms with Gasteiger partial charge in [0.05, 0.1) is 20.9 Å². The molecule has 0 aliphatic carbocycles. The van der Waals surface area contributed by atoms with Crippen LogP contribution in [0, 0.1) is 34.5 Å². The first-order valence-electron chi connectivity index (χ1n) is 23.1. The number of aromatic nitrogens is 3. The number of nitrogens with one attached hydrogen (secondary N) is 2. The molecule has 2 aliphatic heterocycles. The van der Waals surface area contributed by atoms with Gasteiger partial charge < -0.3 is 28.8 Å². The normalized spacial score (nSPS) is 17.3. The molecule has 4 unspecified atom stereocenters. The molecule has 2 amide bonds. The molecule has 2 aliphatic rings. The third-order valence-electron chi connectivity index (χ3n) is 13.2. The number of benzene rings is 2. The zero-order valence-electron chi connectivity index (χ0n) is 38.3. The van der Waals surface area contributed by atoms with Crippen molar-refractivity contribution >= 4 is 71.9 Å². The third kappa shape index (κ3) is 11.4. The molecule has 69 heavy (non-hydrogen) atoms. The SMILES string of the molecule is CCCC1CCN(C(=O)C(CCn2cccc2C#N)N(OC(=O)C(C)C2CCCCN2C(=O)C(CCn2cccc2C#N)NS(=O)(=O)c2cccc3[nH]ccc23)S(=O)(=O)c2c(Cl)cccc2Cl)CC1. The summed E-state index contributed by atoms with van der Waals surface area (Å²) < 4.78 is 64.7. The van der Waals surface area contributed by atoms with Gasteiger partial charge in [0.2, 0.25) is 21.8 Å². The summed E-state index contributed by atoms with van der Waals surface area (Å²) in [6, 6.07) is 17.1. The van der Waals surface area contributed by atoms with Crippen LogP contribution in [0.5, 0.6) is 0 Å². The van der Waals surface area contributed by atoms with E-state index >= 15 is 8.42 Å². The van der Waals surface area contributed by atoms with E-state index in [1.807, 2.05) is 0 Å². The van der Waals surface area contributed by atoms with Gasteiger partial charge in [-0.2, -0.15) is 15.2 Å². The fourth-order valence-electron chi connectivity index (χ4n) is 9.48. The summed E-state index contributed by atoms with van der Waals surface area (Å²) in [6.45, 7) is 4.45. The number of likely N-dealkylation sites (tertiary alicyclic amines) is 2. The number of H-pyrrole nitrogens is 1. The van der Waals surface area contributed by atoms with Crippen LogP contribution in [0.3, 0.4) is 0 Å². The molecule has 3 aromatic heterocycles. The van der Waals surface area contributed by atoms with Crippen LogP contribution in [-0.2, 0) is 52.4 Å². The first kappa shape index (κ1) is 51.2. The van der Waals surface area contributed by atoms with E-state index in [4.69, 9.17) is 28.0 Å². The average molecular weight is 1020 g/mol. The number of hydrogen-bond donors (Lipinski definition) is 2. The van der Waals surface area contributed by atoms with Gasteiger partial charge >= 0.3 is 5.97 Å². The topological polar surface area (TPSA) is 224 Å². The Kier molecular flexibility index (Phi) is 16.6. The van der Waals surface area contributed by atoms with Crippen molar-refractivity contribution in [1.29, 1.82) is 10.5 Å². The van der Waals surface area contributed by atoms with Crippen LogP contribution in [-0.4, -0.2) is 101 Å². The molecule has 0 saturated carbocycles. The molecule has 2 saturated heterocycles. The predicted octanol–water partition coefficient (Wildman–Crippen LogP) is 7.22. The Morgan fingerprint density at radius 2 is 1.48 bits per heavy atom. The van der Waals surface area contributed by atoms with Crippen molar-refractivity contribution in [1.82, 2.24) is 33.1 Å². The standard InChI is InChI=1S/C48H55Cl2N9O8S2/c1-3-10-34-19-27-57(28-20-34)47(61)43(22-30-56-25-9-12-36(56)32-52)59(69(65,66)45-38(49)13-6-14-39(45)50)67-48(62)33(2)42-16-4-5-26-58(42)46(60)41(21-29-55-24-8-11-35(55)31-51)54-68(63,64)44-17-7-15-40-37(44)18-23-53-40/h6-9,11-15,17-18,23-25,33-34,41-43,53-54H,3-5,10,16,19-22,26-30H2,1-2H3. The quantitative estimate of drug-likeness (QED) is 0.0790. The molecular formula is C48H55Cl2N9O8S2. The summed E-state index contributed by atoms with van der Waals surface area (Å²) in [4.78, 5) is 56.0. The van der Waals surface area contributed by atoms with E-state index in [9.17, 15) is 33.3 Å². The number of fused-ring (bicyclic) bond motifs is 1. The number of nitriles is 2. The Bertz CT molecular complexity index is 2950. The van der Waals surface area contributed by atoms with E-state index < -0.39 is 66.8 Å². The number of halogens is 2. The van der Waals surface area contributed by atoms with Crippen molar-refractivity contribution in [3.8, 4) is 12.1 Å². The monoisotopic (exact) mass is 1020 g/mol. The van der Waals surface area contributed by atoms with Crippen LogP contribution in [0.1, 0.15) is 83.0 Å². The van der Waals surface area contributed by atoms with Crippen molar-refractivity contribution in [3.63, 3.8) is 0 Å². The van der Waals surface area contributed by atoms with Gasteiger partial charge in [0, 0.05) is 68.3 Å². The Hall–Kier alpha value is -5.67. The lowest BCUT2D eigenvalue weighted by molar-refractivity contribution is -0.187. The molecule has 21 heteroatoms. The maximum absolute atomic E-state index is 15.0. The molecule has 2 aromatic carbocycles. The van der Waals surface area contributed by atoms with E-state index in [0.717, 1.165) is 12.8 Å². The molecule has 0 radical (unpaired) electrons. The zero-order valence-corrected chi connectivity index (χ0v) is 41.5. The van der Waals surface area contributed by atoms with Crippen molar-refractivity contribution < 1.29 is 36.1 Å². The van der Waals surface area contributed by atoms with E-state index in [2.05, 4.69) is 28.8 Å². The number of nitrogens with zero attached hydrogens (tertiary/aromatic N) is 7. The number of rotatable bonds is 19. The van der Waals surface area contributed by atoms with Crippen molar-refractivity contribution in [3.05, 3.63) is 107 Å². The summed E-state index contributed by atoms with van der Waals surface area (Å²) in [6.07, 6.45) is 9.26. The maximum Gasteiger partial charge on any atom is 0.331 e. The maximum atomic E-state index is 15.0. The number of piperidine rings is 2. The minimum atomic E-state index is -5.05. The highest BCUT2D eigenvalue weighted by molar-refractivity contribution is 7.90. The molecule has 2 N–H and O–H groups in total. The largest absolute Gasteiger partial charge is 0.361 e. The Morgan fingerprint density at radius 1 is 0.841 bits per heavy atom. The Labute approximate surface area is 412 Å². The van der Waals surface area contributed by atoms with E-state index in [1.165, 1.54) is 36.1 Å². The smallest absolute Gasteiger partial charge is 0.331 e. The number of amides is 2. The summed E-state index contributed by atoms with van der Waals surface area (Å²) in [5.41, 5.74) is 1.14. The first-order valence-corrected chi connectivity index (χ1v) is 26.8.